The Kier molecular flexibility index (Phi) is 6.82. The molecular formula is C16H27ClN2S. The third-order valence-corrected chi connectivity index (χ3v) is 5.82. The van der Waals surface area contributed by atoms with Gasteiger partial charge in [0.15, 0.2) is 0 Å². The number of likely N-dealkylation sites (N-methyl/N-ethyl adjacent to an activating group) is 1. The summed E-state index contributed by atoms with van der Waals surface area (Å²) in [5, 5.41) is 3.52. The van der Waals surface area contributed by atoms with Crippen LogP contribution in [0.4, 0.5) is 0 Å². The summed E-state index contributed by atoms with van der Waals surface area (Å²) in [6.07, 6.45) is 6.98. The maximum absolute atomic E-state index is 5.93. The van der Waals surface area contributed by atoms with E-state index in [9.17, 15) is 0 Å². The Morgan fingerprint density at radius 2 is 2.05 bits per heavy atom. The van der Waals surface area contributed by atoms with Gasteiger partial charge in [0.1, 0.15) is 0 Å². The molecule has 1 aromatic heterocycles. The maximum Gasteiger partial charge on any atom is 0.0931 e. The summed E-state index contributed by atoms with van der Waals surface area (Å²) in [6.45, 7) is 5.46. The number of nitrogens with one attached hydrogen (secondary N) is 1. The average molecular weight is 315 g/mol. The van der Waals surface area contributed by atoms with Gasteiger partial charge in [-0.1, -0.05) is 24.9 Å². The molecule has 0 aromatic carbocycles. The molecule has 0 aliphatic heterocycles. The second-order valence-electron chi connectivity index (χ2n) is 5.95. The molecule has 114 valence electrons. The lowest BCUT2D eigenvalue weighted by molar-refractivity contribution is 0.164. The van der Waals surface area contributed by atoms with Crippen LogP contribution in [0.2, 0.25) is 4.34 Å². The van der Waals surface area contributed by atoms with Crippen LogP contribution in [0.15, 0.2) is 12.1 Å². The van der Waals surface area contributed by atoms with Crippen molar-refractivity contribution >= 4 is 22.9 Å². The minimum absolute atomic E-state index is 0.802. The van der Waals surface area contributed by atoms with Crippen LogP contribution in [-0.2, 0) is 6.54 Å². The zero-order valence-electron chi connectivity index (χ0n) is 12.7. The standard InChI is InChI=1S/C16H27ClN2S/c1-3-13-4-6-14(7-5-13)19(2)11-10-18-12-15-8-9-16(17)20-15/h8-9,13-14,18H,3-7,10-12H2,1-2H3. The SMILES string of the molecule is CCC1CCC(N(C)CCNCc2ccc(Cl)s2)CC1. The molecular weight excluding hydrogens is 288 g/mol. The molecule has 1 aromatic rings. The van der Waals surface area contributed by atoms with Crippen molar-refractivity contribution in [1.82, 2.24) is 10.2 Å². The Hall–Kier alpha value is -0.0900. The van der Waals surface area contributed by atoms with Gasteiger partial charge in [-0.25, -0.2) is 0 Å². The fourth-order valence-electron chi connectivity index (χ4n) is 3.09. The summed E-state index contributed by atoms with van der Waals surface area (Å²) in [4.78, 5) is 3.86. The first kappa shape index (κ1) is 16.3. The number of thiophene rings is 1. The van der Waals surface area contributed by atoms with Gasteiger partial charge in [0.2, 0.25) is 0 Å². The fourth-order valence-corrected chi connectivity index (χ4v) is 4.15. The molecule has 0 bridgehead atoms. The van der Waals surface area contributed by atoms with Crippen LogP contribution in [0.1, 0.15) is 43.9 Å². The third kappa shape index (κ3) is 5.03. The lowest BCUT2D eigenvalue weighted by Crippen LogP contribution is -2.39. The van der Waals surface area contributed by atoms with E-state index in [4.69, 9.17) is 11.6 Å². The minimum atomic E-state index is 0.802. The topological polar surface area (TPSA) is 15.3 Å². The normalized spacial score (nSPS) is 23.4. The first-order valence-corrected chi connectivity index (χ1v) is 9.03. The molecule has 1 fully saturated rings. The molecule has 1 aliphatic carbocycles. The van der Waals surface area contributed by atoms with Gasteiger partial charge < -0.3 is 10.2 Å². The molecule has 0 amide bonds. The van der Waals surface area contributed by atoms with Crippen molar-refractivity contribution in [3.8, 4) is 0 Å². The zero-order chi connectivity index (χ0) is 14.4. The Balaban J connectivity index is 1.59. The second kappa shape index (κ2) is 8.38. The molecule has 2 nitrogen and oxygen atoms in total. The fraction of sp³-hybridized carbons (Fsp3) is 0.750. The van der Waals surface area contributed by atoms with Crippen LogP contribution >= 0.6 is 22.9 Å². The number of hydrogen-bond donors (Lipinski definition) is 1. The van der Waals surface area contributed by atoms with Gasteiger partial charge in [-0.15, -0.1) is 11.3 Å². The van der Waals surface area contributed by atoms with Crippen LogP contribution in [0, 0.1) is 5.92 Å². The molecule has 0 atom stereocenters. The Bertz CT molecular complexity index is 386. The molecule has 1 heterocycles. The molecule has 1 aliphatic rings. The molecule has 0 unspecified atom stereocenters. The summed E-state index contributed by atoms with van der Waals surface area (Å²) < 4.78 is 0.881. The van der Waals surface area contributed by atoms with Crippen LogP contribution in [-0.4, -0.2) is 31.1 Å². The van der Waals surface area contributed by atoms with Gasteiger partial charge in [-0.05, 0) is 50.8 Å². The van der Waals surface area contributed by atoms with E-state index in [1.54, 1.807) is 11.3 Å². The Labute approximate surface area is 132 Å². The van der Waals surface area contributed by atoms with Crippen molar-refractivity contribution < 1.29 is 0 Å². The van der Waals surface area contributed by atoms with E-state index >= 15 is 0 Å². The molecule has 0 radical (unpaired) electrons. The number of nitrogens with zero attached hydrogens (tertiary/aromatic N) is 1. The summed E-state index contributed by atoms with van der Waals surface area (Å²) in [5.74, 6) is 0.987. The molecule has 1 N–H and O–H groups in total. The molecule has 1 saturated carbocycles. The van der Waals surface area contributed by atoms with Crippen molar-refractivity contribution in [1.29, 1.82) is 0 Å². The largest absolute Gasteiger partial charge is 0.311 e. The van der Waals surface area contributed by atoms with Crippen LogP contribution in [0.5, 0.6) is 0 Å². The van der Waals surface area contributed by atoms with E-state index in [-0.39, 0.29) is 0 Å². The first-order chi connectivity index (χ1) is 9.69. The van der Waals surface area contributed by atoms with E-state index in [0.717, 1.165) is 35.9 Å². The Morgan fingerprint density at radius 1 is 1.30 bits per heavy atom. The zero-order valence-corrected chi connectivity index (χ0v) is 14.3. The average Bonchev–Trinajstić information content (AvgIpc) is 2.89. The number of halogens is 1. The first-order valence-electron chi connectivity index (χ1n) is 7.84. The molecule has 2 rings (SSSR count). The van der Waals surface area contributed by atoms with E-state index in [0.29, 0.717) is 0 Å². The van der Waals surface area contributed by atoms with Crippen molar-refractivity contribution in [3.63, 3.8) is 0 Å². The van der Waals surface area contributed by atoms with Gasteiger partial charge >= 0.3 is 0 Å². The van der Waals surface area contributed by atoms with Gasteiger partial charge in [-0.3, -0.25) is 0 Å². The molecule has 4 heteroatoms. The smallest absolute Gasteiger partial charge is 0.0931 e. The van der Waals surface area contributed by atoms with Crippen LogP contribution in [0.25, 0.3) is 0 Å². The highest BCUT2D eigenvalue weighted by molar-refractivity contribution is 7.16. The van der Waals surface area contributed by atoms with Gasteiger partial charge in [0, 0.05) is 30.6 Å². The quantitative estimate of drug-likeness (QED) is 0.751. The number of rotatable bonds is 7. The van der Waals surface area contributed by atoms with Gasteiger partial charge in [0.25, 0.3) is 0 Å². The highest BCUT2D eigenvalue weighted by Crippen LogP contribution is 2.28. The molecule has 0 saturated heterocycles. The minimum Gasteiger partial charge on any atom is -0.311 e. The number of hydrogen-bond acceptors (Lipinski definition) is 3. The van der Waals surface area contributed by atoms with Gasteiger partial charge in [-0.2, -0.15) is 0 Å². The lowest BCUT2D eigenvalue weighted by Gasteiger charge is -2.34. The summed E-state index contributed by atoms with van der Waals surface area (Å²) in [7, 11) is 2.28. The van der Waals surface area contributed by atoms with Crippen molar-refractivity contribution in [2.45, 2.75) is 51.6 Å². The van der Waals surface area contributed by atoms with E-state index in [1.807, 2.05) is 6.07 Å². The highest BCUT2D eigenvalue weighted by Gasteiger charge is 2.22. The predicted octanol–water partition coefficient (Wildman–Crippen LogP) is 4.39. The van der Waals surface area contributed by atoms with Gasteiger partial charge in [0.05, 0.1) is 4.34 Å². The highest BCUT2D eigenvalue weighted by atomic mass is 35.5. The summed E-state index contributed by atoms with van der Waals surface area (Å²) in [5.41, 5.74) is 0. The maximum atomic E-state index is 5.93. The summed E-state index contributed by atoms with van der Waals surface area (Å²) in [6, 6.07) is 4.88. The van der Waals surface area contributed by atoms with Crippen LogP contribution in [0.3, 0.4) is 0 Å². The van der Waals surface area contributed by atoms with Crippen molar-refractivity contribution in [2.24, 2.45) is 5.92 Å². The third-order valence-electron chi connectivity index (χ3n) is 4.59. The molecule has 20 heavy (non-hydrogen) atoms. The predicted molar refractivity (Wildman–Crippen MR) is 89.7 cm³/mol. The second-order valence-corrected chi connectivity index (χ2v) is 7.75. The monoisotopic (exact) mass is 314 g/mol. The molecule has 0 spiro atoms. The van der Waals surface area contributed by atoms with Crippen molar-refractivity contribution in [3.05, 3.63) is 21.3 Å². The van der Waals surface area contributed by atoms with E-state index in [1.165, 1.54) is 37.0 Å². The lowest BCUT2D eigenvalue weighted by atomic mass is 9.84. The van der Waals surface area contributed by atoms with Crippen molar-refractivity contribution in [2.75, 3.05) is 20.1 Å². The van der Waals surface area contributed by atoms with Crippen LogP contribution < -0.4 is 5.32 Å². The van der Waals surface area contributed by atoms with E-state index in [2.05, 4.69) is 30.3 Å². The van der Waals surface area contributed by atoms with E-state index < -0.39 is 0 Å². The summed E-state index contributed by atoms with van der Waals surface area (Å²) >= 11 is 7.60. The Morgan fingerprint density at radius 3 is 2.65 bits per heavy atom.